The number of rotatable bonds is 3. The molecule has 0 saturated heterocycles. The van der Waals surface area contributed by atoms with E-state index in [1.807, 2.05) is 6.21 Å². The lowest BCUT2D eigenvalue weighted by atomic mass is 9.49. The van der Waals surface area contributed by atoms with Crippen molar-refractivity contribution < 1.29 is 5.11 Å². The van der Waals surface area contributed by atoms with E-state index in [1.165, 1.54) is 50.5 Å². The summed E-state index contributed by atoms with van der Waals surface area (Å²) in [7, 11) is 1.76. The summed E-state index contributed by atoms with van der Waals surface area (Å²) < 4.78 is 0. The highest BCUT2D eigenvalue weighted by Crippen LogP contribution is 2.65. The average molecular weight is 371 g/mol. The van der Waals surface area contributed by atoms with Gasteiger partial charge in [0.2, 0.25) is 0 Å². The highest BCUT2D eigenvalue weighted by molar-refractivity contribution is 5.85. The topological polar surface area (TPSA) is 45.0 Å². The summed E-state index contributed by atoms with van der Waals surface area (Å²) in [5, 5.41) is 10.6. The number of fused-ring (bicyclic) bond motifs is 5. The molecule has 150 valence electrons. The van der Waals surface area contributed by atoms with Crippen molar-refractivity contribution in [2.45, 2.75) is 77.2 Å². The third kappa shape index (κ3) is 3.34. The van der Waals surface area contributed by atoms with Gasteiger partial charge in [-0.2, -0.15) is 0 Å². The maximum atomic E-state index is 10.6. The van der Waals surface area contributed by atoms with E-state index in [0.717, 1.165) is 42.4 Å². The van der Waals surface area contributed by atoms with Crippen molar-refractivity contribution in [2.75, 3.05) is 7.05 Å². The lowest BCUT2D eigenvalue weighted by Crippen LogP contribution is -2.50. The number of allylic oxidation sites excluding steroid dienone is 1. The zero-order valence-corrected chi connectivity index (χ0v) is 17.5. The molecule has 0 spiro atoms. The second-order valence-corrected chi connectivity index (χ2v) is 10.6. The Morgan fingerprint density at radius 2 is 1.78 bits per heavy atom. The smallest absolute Gasteiger partial charge is 0.109 e. The first-order chi connectivity index (χ1) is 12.9. The molecule has 0 amide bonds. The third-order valence-electron chi connectivity index (χ3n) is 9.11. The van der Waals surface area contributed by atoms with Gasteiger partial charge in [0.05, 0.1) is 5.60 Å². The lowest BCUT2D eigenvalue weighted by Gasteiger charge is -2.57. The molecular weight excluding hydrogens is 332 g/mol. The molecule has 4 aliphatic rings. The molecular formula is C24H38N2O. The maximum absolute atomic E-state index is 10.6. The molecule has 0 aromatic heterocycles. The molecule has 0 aliphatic heterocycles. The SMILES string of the molecule is C=C(C=NC=NC)[C@H]1CC[C@H]2[C@@H]3CC[C@@H]4C[C@](C)(O)CC[C@@H]4[C@H]3CC[C@]12C. The van der Waals surface area contributed by atoms with Gasteiger partial charge in [-0.25, -0.2) is 4.99 Å². The molecule has 0 unspecified atom stereocenters. The van der Waals surface area contributed by atoms with Crippen molar-refractivity contribution in [1.29, 1.82) is 0 Å². The fraction of sp³-hybridized carbons (Fsp3) is 0.833. The Bertz CT molecular complexity index is 636. The van der Waals surface area contributed by atoms with Crippen LogP contribution in [0.4, 0.5) is 0 Å². The highest BCUT2D eigenvalue weighted by atomic mass is 16.3. The van der Waals surface area contributed by atoms with E-state index in [0.29, 0.717) is 11.3 Å². The molecule has 0 aromatic carbocycles. The summed E-state index contributed by atoms with van der Waals surface area (Å²) in [5.41, 5.74) is 1.20. The highest BCUT2D eigenvalue weighted by Gasteiger charge is 2.57. The summed E-state index contributed by atoms with van der Waals surface area (Å²) >= 11 is 0. The molecule has 1 N–H and O–H groups in total. The Hall–Kier alpha value is -0.960. The second-order valence-electron chi connectivity index (χ2n) is 10.6. The fourth-order valence-corrected chi connectivity index (χ4v) is 7.98. The zero-order chi connectivity index (χ0) is 19.2. The molecule has 4 aliphatic carbocycles. The van der Waals surface area contributed by atoms with Crippen LogP contribution >= 0.6 is 0 Å². The Labute approximate surface area is 165 Å². The molecule has 3 heteroatoms. The number of hydrogen-bond donors (Lipinski definition) is 1. The van der Waals surface area contributed by atoms with Gasteiger partial charge in [-0.15, -0.1) is 0 Å². The molecule has 4 fully saturated rings. The number of aliphatic hydroxyl groups is 1. The third-order valence-corrected chi connectivity index (χ3v) is 9.11. The van der Waals surface area contributed by atoms with Crippen LogP contribution < -0.4 is 0 Å². The molecule has 0 bridgehead atoms. The normalized spacial score (nSPS) is 49.8. The van der Waals surface area contributed by atoms with E-state index < -0.39 is 5.60 Å². The Morgan fingerprint density at radius 1 is 1.00 bits per heavy atom. The van der Waals surface area contributed by atoms with Gasteiger partial charge in [0.1, 0.15) is 6.34 Å². The van der Waals surface area contributed by atoms with Crippen molar-refractivity contribution >= 4 is 12.6 Å². The number of hydrogen-bond acceptors (Lipinski definition) is 2. The lowest BCUT2D eigenvalue weighted by molar-refractivity contribution is -0.0975. The van der Waals surface area contributed by atoms with Gasteiger partial charge in [-0.3, -0.25) is 4.99 Å². The minimum atomic E-state index is -0.408. The van der Waals surface area contributed by atoms with Crippen LogP contribution in [0.5, 0.6) is 0 Å². The van der Waals surface area contributed by atoms with E-state index in [-0.39, 0.29) is 0 Å². The first-order valence-electron chi connectivity index (χ1n) is 11.2. The minimum absolute atomic E-state index is 0.403. The summed E-state index contributed by atoms with van der Waals surface area (Å²) in [6.45, 7) is 9.00. The maximum Gasteiger partial charge on any atom is 0.109 e. The van der Waals surface area contributed by atoms with Gasteiger partial charge in [0.15, 0.2) is 0 Å². The van der Waals surface area contributed by atoms with Crippen LogP contribution in [-0.4, -0.2) is 30.3 Å². The second kappa shape index (κ2) is 7.13. The summed E-state index contributed by atoms with van der Waals surface area (Å²) in [4.78, 5) is 8.27. The van der Waals surface area contributed by atoms with Crippen LogP contribution in [0.15, 0.2) is 22.1 Å². The monoisotopic (exact) mass is 370 g/mol. The quantitative estimate of drug-likeness (QED) is 0.532. The van der Waals surface area contributed by atoms with Crippen molar-refractivity contribution in [3.63, 3.8) is 0 Å². The van der Waals surface area contributed by atoms with Crippen molar-refractivity contribution in [3.8, 4) is 0 Å². The molecule has 0 aromatic rings. The molecule has 8 atom stereocenters. The first-order valence-corrected chi connectivity index (χ1v) is 11.2. The predicted octanol–water partition coefficient (Wildman–Crippen LogP) is 5.29. The minimum Gasteiger partial charge on any atom is -0.390 e. The molecule has 3 nitrogen and oxygen atoms in total. The van der Waals surface area contributed by atoms with Crippen molar-refractivity contribution in [2.24, 2.45) is 50.9 Å². The van der Waals surface area contributed by atoms with Crippen molar-refractivity contribution in [1.82, 2.24) is 0 Å². The number of aliphatic imine (C=N–C) groups is 2. The molecule has 27 heavy (non-hydrogen) atoms. The first kappa shape index (κ1) is 19.4. The van der Waals surface area contributed by atoms with E-state index >= 15 is 0 Å². The summed E-state index contributed by atoms with van der Waals surface area (Å²) in [6, 6.07) is 0. The van der Waals surface area contributed by atoms with Gasteiger partial charge in [-0.05, 0) is 111 Å². The van der Waals surface area contributed by atoms with E-state index in [2.05, 4.69) is 30.4 Å². The zero-order valence-electron chi connectivity index (χ0n) is 17.5. The summed E-state index contributed by atoms with van der Waals surface area (Å²) in [5.74, 6) is 4.90. The van der Waals surface area contributed by atoms with Crippen LogP contribution in [0.1, 0.15) is 71.6 Å². The van der Waals surface area contributed by atoms with E-state index in [4.69, 9.17) is 0 Å². The van der Waals surface area contributed by atoms with Gasteiger partial charge in [0.25, 0.3) is 0 Å². The Morgan fingerprint density at radius 3 is 2.56 bits per heavy atom. The Kier molecular flexibility index (Phi) is 5.12. The molecule has 0 heterocycles. The van der Waals surface area contributed by atoms with Crippen LogP contribution in [-0.2, 0) is 0 Å². The summed E-state index contributed by atoms with van der Waals surface area (Å²) in [6.07, 6.45) is 15.0. The van der Waals surface area contributed by atoms with Crippen LogP contribution in [0.25, 0.3) is 0 Å². The molecule has 0 radical (unpaired) electrons. The van der Waals surface area contributed by atoms with Crippen LogP contribution in [0.3, 0.4) is 0 Å². The predicted molar refractivity (Wildman–Crippen MR) is 113 cm³/mol. The number of nitrogens with zero attached hydrogens (tertiary/aromatic N) is 2. The van der Waals surface area contributed by atoms with Crippen LogP contribution in [0, 0.1) is 40.9 Å². The molecule has 4 rings (SSSR count). The van der Waals surface area contributed by atoms with Gasteiger partial charge < -0.3 is 5.11 Å². The van der Waals surface area contributed by atoms with Crippen LogP contribution in [0.2, 0.25) is 0 Å². The largest absolute Gasteiger partial charge is 0.390 e. The van der Waals surface area contributed by atoms with E-state index in [9.17, 15) is 5.11 Å². The van der Waals surface area contributed by atoms with Gasteiger partial charge in [-0.1, -0.05) is 13.5 Å². The Balaban J connectivity index is 1.50. The van der Waals surface area contributed by atoms with Crippen molar-refractivity contribution in [3.05, 3.63) is 12.2 Å². The van der Waals surface area contributed by atoms with E-state index in [1.54, 1.807) is 13.4 Å². The van der Waals surface area contributed by atoms with Gasteiger partial charge in [0, 0.05) is 13.3 Å². The standard InChI is InChI=1S/C24H38N2O/c1-16(14-26-15-25-4)21-7-8-22-20-6-5-17-13-23(2,27)11-9-18(17)19(20)10-12-24(21,22)3/h14-15,17-22,27H,1,5-13H2,2-4H3/t17-,18+,19-,20-,21-,22+,23-,24-/m1/s1. The fourth-order valence-electron chi connectivity index (χ4n) is 7.98. The molecule has 4 saturated carbocycles. The average Bonchev–Trinajstić information content (AvgIpc) is 2.98. The van der Waals surface area contributed by atoms with Gasteiger partial charge >= 0.3 is 0 Å².